The van der Waals surface area contributed by atoms with E-state index in [2.05, 4.69) is 69.0 Å². The van der Waals surface area contributed by atoms with Crippen molar-refractivity contribution in [2.75, 3.05) is 51.0 Å². The first-order valence-corrected chi connectivity index (χ1v) is 21.0. The van der Waals surface area contributed by atoms with Crippen molar-refractivity contribution in [1.82, 2.24) is 0 Å². The molecule has 0 spiro atoms. The summed E-state index contributed by atoms with van der Waals surface area (Å²) in [5.74, 6) is 3.41. The van der Waals surface area contributed by atoms with Crippen molar-refractivity contribution in [2.24, 2.45) is 35.5 Å². The standard InChI is InChI=1S/C9H21OP.C8H19O2P.C8H18OP.3CO2.CH4.W/c1-6-11(5,10)7-9(4)8(2)3;1-7(2)8(3)5-11(4,10)6-9;1-7(2)8(3)6-10(4,5)9;3*2-1-3;;/h8-9H,6-7H2,1-5H3;7-9H,5-6H2,1-4H3;7-8H,4,6H2,1-3,5H3;;;;1H4;/q;;-1;;;;;. The van der Waals surface area contributed by atoms with Gasteiger partial charge in [-0.25, -0.2) is 0 Å². The fourth-order valence-corrected chi connectivity index (χ4v) is 7.94. The molecule has 6 unspecified atom stereocenters. The van der Waals surface area contributed by atoms with Crippen LogP contribution in [0.25, 0.3) is 0 Å². The number of rotatable bonds is 11. The maximum absolute atomic E-state index is 11.7. The summed E-state index contributed by atoms with van der Waals surface area (Å²) in [5.41, 5.74) is 0. The van der Waals surface area contributed by atoms with Gasteiger partial charge in [-0.3, -0.25) is 6.66 Å². The summed E-state index contributed by atoms with van der Waals surface area (Å²) in [5, 5.41) is 8.76. The summed E-state index contributed by atoms with van der Waals surface area (Å²) in [7, 11) is -6.04. The van der Waals surface area contributed by atoms with Gasteiger partial charge in [-0.15, -0.1) is 0 Å². The second kappa shape index (κ2) is 36.0. The van der Waals surface area contributed by atoms with Crippen LogP contribution in [0.2, 0.25) is 0 Å². The minimum atomic E-state index is -2.23. The van der Waals surface area contributed by atoms with Crippen LogP contribution in [0.4, 0.5) is 0 Å². The molecule has 0 heterocycles. The number of carbonyl (C=O) groups excluding carboxylic acids is 6. The summed E-state index contributed by atoms with van der Waals surface area (Å²) in [6.45, 7) is 30.3. The molecule has 0 aromatic heterocycles. The molecule has 0 aromatic rings. The zero-order valence-electron chi connectivity index (χ0n) is 28.1. The molecular weight excluding hydrogens is 785 g/mol. The van der Waals surface area contributed by atoms with E-state index in [0.717, 1.165) is 18.5 Å². The Balaban J connectivity index is -0.0000000611. The van der Waals surface area contributed by atoms with Crippen LogP contribution in [0.15, 0.2) is 0 Å². The molecule has 0 aliphatic carbocycles. The summed E-state index contributed by atoms with van der Waals surface area (Å²) < 4.78 is 34.4. The van der Waals surface area contributed by atoms with Crippen LogP contribution in [-0.2, 0) is 63.5 Å². The first kappa shape index (κ1) is 61.5. The van der Waals surface area contributed by atoms with E-state index in [1.807, 2.05) is 13.6 Å². The van der Waals surface area contributed by atoms with E-state index >= 15 is 0 Å². The predicted molar refractivity (Wildman–Crippen MR) is 172 cm³/mol. The molecule has 43 heavy (non-hydrogen) atoms. The topological polar surface area (TPSA) is 174 Å². The third-order valence-electron chi connectivity index (χ3n) is 6.40. The van der Waals surface area contributed by atoms with Crippen LogP contribution in [0.3, 0.4) is 0 Å². The van der Waals surface area contributed by atoms with Crippen molar-refractivity contribution in [3.8, 4) is 0 Å². The molecule has 14 heteroatoms. The van der Waals surface area contributed by atoms with Crippen LogP contribution in [0.5, 0.6) is 0 Å². The van der Waals surface area contributed by atoms with Crippen molar-refractivity contribution in [1.29, 1.82) is 0 Å². The molecule has 0 rings (SSSR count). The smallest absolute Gasteiger partial charge is 0.373 e. The molecule has 1 N–H and O–H groups in total. The first-order chi connectivity index (χ1) is 18.3. The van der Waals surface area contributed by atoms with E-state index in [4.69, 9.17) is 33.9 Å². The largest absolute Gasteiger partial charge is 0.389 e. The number of hydrogen-bond donors (Lipinski definition) is 1. The SMILES string of the molecule is C.CC(C)C(C)CP(C)(=O)CO.CCP(C)(=O)CC(C)C(C)C.O=C=O.O=C=O.O=C=O.[CH2-]P(C)(=O)CC(C)C(C)C.[W]. The maximum atomic E-state index is 11.7. The quantitative estimate of drug-likeness (QED) is 0.162. The van der Waals surface area contributed by atoms with Crippen molar-refractivity contribution < 1.29 is 68.6 Å². The van der Waals surface area contributed by atoms with E-state index in [0.29, 0.717) is 41.7 Å². The fourth-order valence-electron chi connectivity index (χ4n) is 2.65. The van der Waals surface area contributed by atoms with E-state index in [1.54, 1.807) is 13.3 Å². The fraction of sp³-hybridized carbons (Fsp3) is 0.862. The number of aliphatic hydroxyl groups excluding tert-OH is 1. The van der Waals surface area contributed by atoms with Gasteiger partial charge in [0.05, 0.1) is 13.5 Å². The van der Waals surface area contributed by atoms with E-state index in [-0.39, 0.29) is 53.3 Å². The molecule has 260 valence electrons. The van der Waals surface area contributed by atoms with Gasteiger partial charge in [0.15, 0.2) is 0 Å². The third kappa shape index (κ3) is 61.3. The van der Waals surface area contributed by atoms with Crippen molar-refractivity contribution in [2.45, 2.75) is 76.7 Å². The molecule has 6 atom stereocenters. The Bertz CT molecular complexity index is 803. The molecule has 0 aromatic carbocycles. The van der Waals surface area contributed by atoms with E-state index in [1.165, 1.54) is 0 Å². The second-order valence-corrected chi connectivity index (χ2v) is 21.6. The molecule has 0 amide bonds. The molecular formula is C29H62O10P3W-. The molecule has 0 aliphatic rings. The third-order valence-corrected chi connectivity index (χ3v) is 12.4. The molecule has 0 saturated heterocycles. The molecule has 0 bridgehead atoms. The Labute approximate surface area is 277 Å². The molecule has 0 aliphatic heterocycles. The molecule has 10 nitrogen and oxygen atoms in total. The van der Waals surface area contributed by atoms with Crippen molar-refractivity contribution >= 4 is 39.9 Å². The van der Waals surface area contributed by atoms with Crippen molar-refractivity contribution in [3.05, 3.63) is 6.66 Å². The van der Waals surface area contributed by atoms with Gasteiger partial charge < -0.3 is 18.8 Å². The summed E-state index contributed by atoms with van der Waals surface area (Å²) in [6, 6.07) is 0. The Morgan fingerprint density at radius 1 is 0.581 bits per heavy atom. The second-order valence-electron chi connectivity index (χ2n) is 11.8. The first-order valence-electron chi connectivity index (χ1n) is 13.5. The van der Waals surface area contributed by atoms with Gasteiger partial charge in [-0.2, -0.15) is 28.8 Å². The van der Waals surface area contributed by atoms with Gasteiger partial charge in [0, 0.05) is 33.4 Å². The van der Waals surface area contributed by atoms with Gasteiger partial charge >= 0.3 is 18.5 Å². The van der Waals surface area contributed by atoms with Gasteiger partial charge in [0.1, 0.15) is 7.14 Å². The zero-order chi connectivity index (χ0) is 34.6. The molecule has 0 radical (unpaired) electrons. The van der Waals surface area contributed by atoms with Crippen LogP contribution in [0.1, 0.15) is 76.7 Å². The van der Waals surface area contributed by atoms with Crippen molar-refractivity contribution in [3.63, 3.8) is 0 Å². The summed E-state index contributed by atoms with van der Waals surface area (Å²) in [6.07, 6.45) is 3.82. The summed E-state index contributed by atoms with van der Waals surface area (Å²) >= 11 is 0. The Hall–Kier alpha value is -0.522. The van der Waals surface area contributed by atoms with Gasteiger partial charge in [0.2, 0.25) is 0 Å². The number of hydrogen-bond acceptors (Lipinski definition) is 10. The van der Waals surface area contributed by atoms with E-state index < -0.39 is 21.4 Å². The summed E-state index contributed by atoms with van der Waals surface area (Å²) in [4.78, 5) is 48.8. The Morgan fingerprint density at radius 3 is 0.930 bits per heavy atom. The van der Waals surface area contributed by atoms with Gasteiger partial charge in [0.25, 0.3) is 0 Å². The van der Waals surface area contributed by atoms with Gasteiger partial charge in [-0.1, -0.05) is 76.7 Å². The Morgan fingerprint density at radius 2 is 0.791 bits per heavy atom. The molecule has 0 fully saturated rings. The molecule has 0 saturated carbocycles. The monoisotopic (exact) mass is 847 g/mol. The van der Waals surface area contributed by atoms with Crippen LogP contribution < -0.4 is 0 Å². The minimum Gasteiger partial charge on any atom is -0.389 e. The number of aliphatic hydroxyl groups is 1. The Kier molecular flexibility index (Phi) is 51.4. The zero-order valence-corrected chi connectivity index (χ0v) is 33.7. The van der Waals surface area contributed by atoms with E-state index in [9.17, 15) is 13.7 Å². The predicted octanol–water partition coefficient (Wildman–Crippen LogP) is 7.46. The van der Waals surface area contributed by atoms with Crippen LogP contribution >= 0.6 is 21.4 Å². The van der Waals surface area contributed by atoms with Gasteiger partial charge in [-0.05, 0) is 75.0 Å². The average molecular weight is 848 g/mol. The van der Waals surface area contributed by atoms with Crippen LogP contribution in [0, 0.1) is 42.2 Å². The van der Waals surface area contributed by atoms with Crippen LogP contribution in [-0.4, -0.2) is 74.6 Å². The normalized spacial score (nSPS) is 15.5. The maximum Gasteiger partial charge on any atom is 0.373 e. The minimum absolute atomic E-state index is 0. The average Bonchev–Trinajstić information content (AvgIpc) is 2.79.